The third-order valence-corrected chi connectivity index (χ3v) is 3.95. The van der Waals surface area contributed by atoms with E-state index in [0.29, 0.717) is 21.9 Å². The molecule has 3 rings (SSSR count). The Bertz CT molecular complexity index is 754. The Balaban J connectivity index is 1.68. The highest BCUT2D eigenvalue weighted by molar-refractivity contribution is 7.15. The van der Waals surface area contributed by atoms with Crippen LogP contribution >= 0.6 is 22.7 Å². The van der Waals surface area contributed by atoms with Gasteiger partial charge < -0.3 is 5.32 Å². The Morgan fingerprint density at radius 1 is 1.19 bits per heavy atom. The van der Waals surface area contributed by atoms with Crippen molar-refractivity contribution in [1.82, 2.24) is 19.9 Å². The summed E-state index contributed by atoms with van der Waals surface area (Å²) >= 11 is 2.73. The van der Waals surface area contributed by atoms with Gasteiger partial charge in [-0.05, 0) is 13.0 Å². The zero-order valence-corrected chi connectivity index (χ0v) is 12.5. The Kier molecular flexibility index (Phi) is 3.84. The van der Waals surface area contributed by atoms with Gasteiger partial charge in [0.1, 0.15) is 5.69 Å². The van der Waals surface area contributed by atoms with Gasteiger partial charge in [0.05, 0.1) is 0 Å². The molecule has 0 aromatic carbocycles. The van der Waals surface area contributed by atoms with E-state index in [0.717, 1.165) is 4.88 Å². The molecule has 0 bridgehead atoms. The first-order valence-corrected chi connectivity index (χ1v) is 7.63. The van der Waals surface area contributed by atoms with Gasteiger partial charge in [-0.2, -0.15) is 0 Å². The first kappa shape index (κ1) is 13.6. The molecule has 7 nitrogen and oxygen atoms in total. The highest BCUT2D eigenvalue weighted by Gasteiger charge is 2.13. The fourth-order valence-corrected chi connectivity index (χ4v) is 2.81. The van der Waals surface area contributed by atoms with Crippen molar-refractivity contribution < 1.29 is 4.79 Å². The molecule has 9 heteroatoms. The van der Waals surface area contributed by atoms with Crippen LogP contribution in [0.25, 0.3) is 0 Å². The maximum absolute atomic E-state index is 12.0. The van der Waals surface area contributed by atoms with Crippen LogP contribution in [0.15, 0.2) is 30.0 Å². The van der Waals surface area contributed by atoms with Crippen LogP contribution in [0.5, 0.6) is 0 Å². The fraction of sp³-hybridized carbons (Fsp3) is 0.0833. The van der Waals surface area contributed by atoms with Gasteiger partial charge in [-0.25, -0.2) is 19.9 Å². The van der Waals surface area contributed by atoms with E-state index >= 15 is 0 Å². The molecule has 3 aromatic rings. The molecule has 3 heterocycles. The first-order chi connectivity index (χ1) is 10.2. The van der Waals surface area contributed by atoms with E-state index in [9.17, 15) is 4.79 Å². The number of carbonyl (C=O) groups is 1. The summed E-state index contributed by atoms with van der Waals surface area (Å²) < 4.78 is 0. The lowest BCUT2D eigenvalue weighted by Crippen LogP contribution is -2.12. The zero-order valence-electron chi connectivity index (χ0n) is 10.9. The van der Waals surface area contributed by atoms with Crippen molar-refractivity contribution in [3.05, 3.63) is 40.6 Å². The summed E-state index contributed by atoms with van der Waals surface area (Å²) in [5.74, 6) is 0.150. The van der Waals surface area contributed by atoms with Crippen molar-refractivity contribution >= 4 is 44.8 Å². The van der Waals surface area contributed by atoms with Crippen LogP contribution in [0, 0.1) is 6.92 Å². The Hall–Kier alpha value is -2.39. The van der Waals surface area contributed by atoms with Crippen LogP contribution in [0.1, 0.15) is 15.4 Å². The molecular formula is C12H10N6OS2. The Morgan fingerprint density at radius 3 is 2.71 bits per heavy atom. The van der Waals surface area contributed by atoms with Crippen LogP contribution in [0.3, 0.4) is 0 Å². The highest BCUT2D eigenvalue weighted by Crippen LogP contribution is 2.21. The minimum Gasteiger partial charge on any atom is -0.300 e. The number of aromatic nitrogens is 4. The molecule has 0 spiro atoms. The zero-order chi connectivity index (χ0) is 14.7. The number of nitrogens with zero attached hydrogens (tertiary/aromatic N) is 4. The molecular weight excluding hydrogens is 308 g/mol. The lowest BCUT2D eigenvalue weighted by molar-refractivity contribution is 0.102. The molecule has 0 aliphatic rings. The molecule has 0 saturated carbocycles. The van der Waals surface area contributed by atoms with Crippen LogP contribution in [-0.4, -0.2) is 25.8 Å². The molecule has 0 fully saturated rings. The van der Waals surface area contributed by atoms with E-state index < -0.39 is 0 Å². The SMILES string of the molecule is Cc1cnc(NC(=O)c2csc(Nc3ncccn3)n2)s1. The molecule has 1 amide bonds. The monoisotopic (exact) mass is 318 g/mol. The number of aryl methyl sites for hydroxylation is 1. The second-order valence-electron chi connectivity index (χ2n) is 3.97. The summed E-state index contributed by atoms with van der Waals surface area (Å²) in [5, 5.41) is 8.44. The number of carbonyl (C=O) groups excluding carboxylic acids is 1. The second kappa shape index (κ2) is 5.94. The summed E-state index contributed by atoms with van der Waals surface area (Å²) in [4.78, 5) is 29.4. The number of hydrogen-bond acceptors (Lipinski definition) is 8. The van der Waals surface area contributed by atoms with Gasteiger partial charge in [-0.15, -0.1) is 22.7 Å². The topological polar surface area (TPSA) is 92.7 Å². The van der Waals surface area contributed by atoms with Crippen molar-refractivity contribution in [1.29, 1.82) is 0 Å². The van der Waals surface area contributed by atoms with Gasteiger partial charge in [0.2, 0.25) is 5.95 Å². The summed E-state index contributed by atoms with van der Waals surface area (Å²) in [6.07, 6.45) is 4.96. The van der Waals surface area contributed by atoms with E-state index in [4.69, 9.17) is 0 Å². The highest BCUT2D eigenvalue weighted by atomic mass is 32.1. The molecule has 21 heavy (non-hydrogen) atoms. The predicted molar refractivity (Wildman–Crippen MR) is 82.2 cm³/mol. The van der Waals surface area contributed by atoms with E-state index in [-0.39, 0.29) is 5.91 Å². The average Bonchev–Trinajstić information content (AvgIpc) is 3.09. The smallest absolute Gasteiger partial charge is 0.276 e. The molecule has 0 aliphatic heterocycles. The molecule has 2 N–H and O–H groups in total. The van der Waals surface area contributed by atoms with Gasteiger partial charge in [0.15, 0.2) is 10.3 Å². The number of anilines is 3. The summed E-state index contributed by atoms with van der Waals surface area (Å²) in [7, 11) is 0. The summed E-state index contributed by atoms with van der Waals surface area (Å²) in [6, 6.07) is 1.72. The van der Waals surface area contributed by atoms with Gasteiger partial charge in [0, 0.05) is 28.8 Å². The third kappa shape index (κ3) is 3.38. The standard InChI is InChI=1S/C12H10N6OS2/c1-7-5-15-11(21-7)17-9(19)8-6-20-12(16-8)18-10-13-3-2-4-14-10/h2-6H,1H3,(H,15,17,19)(H,13,14,16,18). The van der Waals surface area contributed by atoms with E-state index in [1.54, 1.807) is 30.0 Å². The van der Waals surface area contributed by atoms with Crippen LogP contribution in [0.2, 0.25) is 0 Å². The van der Waals surface area contributed by atoms with Crippen molar-refractivity contribution in [2.24, 2.45) is 0 Å². The van der Waals surface area contributed by atoms with Crippen molar-refractivity contribution in [2.45, 2.75) is 6.92 Å². The van der Waals surface area contributed by atoms with Gasteiger partial charge in [0.25, 0.3) is 5.91 Å². The minimum atomic E-state index is -0.289. The van der Waals surface area contributed by atoms with E-state index in [1.807, 2.05) is 6.92 Å². The number of amides is 1. The van der Waals surface area contributed by atoms with Crippen LogP contribution < -0.4 is 10.6 Å². The number of nitrogens with one attached hydrogen (secondary N) is 2. The largest absolute Gasteiger partial charge is 0.300 e. The normalized spacial score (nSPS) is 10.3. The first-order valence-electron chi connectivity index (χ1n) is 5.94. The van der Waals surface area contributed by atoms with E-state index in [1.165, 1.54) is 22.7 Å². The molecule has 0 saturated heterocycles. The second-order valence-corrected chi connectivity index (χ2v) is 6.06. The maximum Gasteiger partial charge on any atom is 0.276 e. The van der Waals surface area contributed by atoms with Crippen molar-refractivity contribution in [2.75, 3.05) is 10.6 Å². The molecule has 0 unspecified atom stereocenters. The molecule has 0 atom stereocenters. The number of hydrogen-bond donors (Lipinski definition) is 2. The summed E-state index contributed by atoms with van der Waals surface area (Å²) in [6.45, 7) is 1.93. The predicted octanol–water partition coefficient (Wildman–Crippen LogP) is 2.69. The van der Waals surface area contributed by atoms with Crippen molar-refractivity contribution in [3.63, 3.8) is 0 Å². The summed E-state index contributed by atoms with van der Waals surface area (Å²) in [5.41, 5.74) is 0.325. The van der Waals surface area contributed by atoms with Crippen LogP contribution in [-0.2, 0) is 0 Å². The number of thiazole rings is 2. The van der Waals surface area contributed by atoms with Crippen LogP contribution in [0.4, 0.5) is 16.2 Å². The Labute approximate surface area is 128 Å². The third-order valence-electron chi connectivity index (χ3n) is 2.36. The molecule has 3 aromatic heterocycles. The van der Waals surface area contributed by atoms with Gasteiger partial charge in [-0.3, -0.25) is 10.1 Å². The number of rotatable bonds is 4. The van der Waals surface area contributed by atoms with E-state index in [2.05, 4.69) is 30.6 Å². The fourth-order valence-electron chi connectivity index (χ4n) is 1.47. The van der Waals surface area contributed by atoms with Crippen molar-refractivity contribution in [3.8, 4) is 0 Å². The Morgan fingerprint density at radius 2 is 2.00 bits per heavy atom. The van der Waals surface area contributed by atoms with Gasteiger partial charge >= 0.3 is 0 Å². The average molecular weight is 318 g/mol. The molecule has 106 valence electrons. The lowest BCUT2D eigenvalue weighted by atomic mass is 10.5. The molecule has 0 radical (unpaired) electrons. The van der Waals surface area contributed by atoms with Gasteiger partial charge in [-0.1, -0.05) is 0 Å². The quantitative estimate of drug-likeness (QED) is 0.768. The minimum absolute atomic E-state index is 0.289. The lowest BCUT2D eigenvalue weighted by Gasteiger charge is -1.99. The molecule has 0 aliphatic carbocycles. The maximum atomic E-state index is 12.0.